The molecule has 0 aromatic carbocycles. The summed E-state index contributed by atoms with van der Waals surface area (Å²) in [6, 6.07) is 0. The fourth-order valence-electron chi connectivity index (χ4n) is 1.78. The van der Waals surface area contributed by atoms with E-state index in [1.807, 2.05) is 13.8 Å². The summed E-state index contributed by atoms with van der Waals surface area (Å²) >= 11 is 4.53. The first kappa shape index (κ1) is 15.1. The highest BCUT2D eigenvalue weighted by Crippen LogP contribution is 2.27. The molecule has 0 unspecified atom stereocenters. The highest BCUT2D eigenvalue weighted by molar-refractivity contribution is 9.11. The van der Waals surface area contributed by atoms with Crippen LogP contribution in [0.4, 0.5) is 0 Å². The summed E-state index contributed by atoms with van der Waals surface area (Å²) in [7, 11) is 0. The van der Waals surface area contributed by atoms with E-state index in [1.54, 1.807) is 6.92 Å². The highest BCUT2D eigenvalue weighted by atomic mass is 79.9. The van der Waals surface area contributed by atoms with Gasteiger partial charge in [-0.1, -0.05) is 13.8 Å². The van der Waals surface area contributed by atoms with Crippen molar-refractivity contribution >= 4 is 43.5 Å². The molecule has 0 amide bonds. The van der Waals surface area contributed by atoms with Crippen LogP contribution in [0.25, 0.3) is 10.2 Å². The quantitative estimate of drug-likeness (QED) is 0.783. The molecule has 2 aromatic rings. The van der Waals surface area contributed by atoms with Crippen LogP contribution in [0, 0.1) is 0 Å². The number of halogens is 1. The van der Waals surface area contributed by atoms with Crippen LogP contribution in [0.2, 0.25) is 0 Å². The highest BCUT2D eigenvalue weighted by Gasteiger charge is 2.18. The van der Waals surface area contributed by atoms with Gasteiger partial charge in [-0.05, 0) is 28.8 Å². The molecule has 0 atom stereocenters. The lowest BCUT2D eigenvalue weighted by Gasteiger charge is -2.09. The molecule has 2 rings (SSSR count). The summed E-state index contributed by atoms with van der Waals surface area (Å²) in [5.41, 5.74) is 0.980. The van der Waals surface area contributed by atoms with Crippen molar-refractivity contribution in [1.82, 2.24) is 14.8 Å². The van der Waals surface area contributed by atoms with Crippen molar-refractivity contribution in [3.63, 3.8) is 0 Å². The van der Waals surface area contributed by atoms with Gasteiger partial charge in [0.15, 0.2) is 3.92 Å². The molecule has 0 saturated heterocycles. The second-order valence-electron chi connectivity index (χ2n) is 4.45. The van der Waals surface area contributed by atoms with Crippen LogP contribution in [0.5, 0.6) is 0 Å². The summed E-state index contributed by atoms with van der Waals surface area (Å²) in [5, 5.41) is 4.26. The Hall–Kier alpha value is -1.28. The van der Waals surface area contributed by atoms with Crippen molar-refractivity contribution in [2.75, 3.05) is 6.61 Å². The van der Waals surface area contributed by atoms with E-state index in [-0.39, 0.29) is 24.6 Å². The Kier molecular flexibility index (Phi) is 4.54. The lowest BCUT2D eigenvalue weighted by Crippen LogP contribution is -2.28. The second-order valence-corrected chi connectivity index (χ2v) is 6.73. The predicted octanol–water partition coefficient (Wildman–Crippen LogP) is 2.30. The molecule has 0 aliphatic heterocycles. The van der Waals surface area contributed by atoms with Crippen molar-refractivity contribution in [2.24, 2.45) is 0 Å². The average molecular weight is 360 g/mol. The Balaban J connectivity index is 2.58. The Morgan fingerprint density at radius 1 is 1.50 bits per heavy atom. The van der Waals surface area contributed by atoms with E-state index < -0.39 is 5.97 Å². The largest absolute Gasteiger partial charge is 0.465 e. The minimum absolute atomic E-state index is 0.0977. The van der Waals surface area contributed by atoms with E-state index in [2.05, 4.69) is 26.0 Å². The maximum atomic E-state index is 12.3. The molecular weight excluding hydrogens is 346 g/mol. The van der Waals surface area contributed by atoms with Crippen molar-refractivity contribution in [1.29, 1.82) is 0 Å². The first-order chi connectivity index (χ1) is 9.43. The number of esters is 1. The van der Waals surface area contributed by atoms with Gasteiger partial charge >= 0.3 is 5.97 Å². The van der Waals surface area contributed by atoms with Gasteiger partial charge in [-0.25, -0.2) is 9.67 Å². The van der Waals surface area contributed by atoms with Crippen LogP contribution in [-0.4, -0.2) is 27.3 Å². The number of hydrogen-bond acceptors (Lipinski definition) is 6. The second kappa shape index (κ2) is 6.01. The Morgan fingerprint density at radius 3 is 2.80 bits per heavy atom. The summed E-state index contributed by atoms with van der Waals surface area (Å²) in [4.78, 5) is 28.1. The van der Waals surface area contributed by atoms with Gasteiger partial charge in [-0.2, -0.15) is 5.10 Å². The molecule has 0 spiro atoms. The van der Waals surface area contributed by atoms with E-state index in [4.69, 9.17) is 4.74 Å². The normalized spacial score (nSPS) is 11.2. The van der Waals surface area contributed by atoms with Crippen LogP contribution in [0.15, 0.2) is 8.71 Å². The smallest absolute Gasteiger partial charge is 0.327 e. The molecule has 2 aromatic heterocycles. The molecule has 0 bridgehead atoms. The first-order valence-electron chi connectivity index (χ1n) is 6.16. The van der Waals surface area contributed by atoms with Crippen LogP contribution < -0.4 is 5.56 Å². The van der Waals surface area contributed by atoms with E-state index in [0.29, 0.717) is 19.8 Å². The number of thiazole rings is 1. The number of hydrogen-bond donors (Lipinski definition) is 0. The minimum Gasteiger partial charge on any atom is -0.465 e. The molecule has 8 heteroatoms. The van der Waals surface area contributed by atoms with Crippen molar-refractivity contribution in [2.45, 2.75) is 33.2 Å². The SMILES string of the molecule is CCOC(=O)Cn1nc(C(C)C)c2nc(Br)sc2c1=O. The number of carbonyl (C=O) groups excluding carboxylic acids is 1. The molecule has 0 radical (unpaired) electrons. The third kappa shape index (κ3) is 2.90. The third-order valence-electron chi connectivity index (χ3n) is 2.63. The van der Waals surface area contributed by atoms with Crippen molar-refractivity contribution < 1.29 is 9.53 Å². The average Bonchev–Trinajstić information content (AvgIpc) is 2.74. The summed E-state index contributed by atoms with van der Waals surface area (Å²) in [5.74, 6) is -0.375. The van der Waals surface area contributed by atoms with Crippen molar-refractivity contribution in [3.05, 3.63) is 20.0 Å². The molecule has 0 aliphatic rings. The maximum Gasteiger partial charge on any atom is 0.327 e. The van der Waals surface area contributed by atoms with Gasteiger partial charge in [0.05, 0.1) is 12.3 Å². The molecule has 0 saturated carbocycles. The van der Waals surface area contributed by atoms with Gasteiger partial charge in [0.25, 0.3) is 5.56 Å². The van der Waals surface area contributed by atoms with Gasteiger partial charge in [-0.15, -0.1) is 11.3 Å². The summed E-state index contributed by atoms with van der Waals surface area (Å²) in [6.07, 6.45) is 0. The molecule has 108 valence electrons. The summed E-state index contributed by atoms with van der Waals surface area (Å²) < 4.78 is 7.14. The molecule has 0 fully saturated rings. The fourth-order valence-corrected chi connectivity index (χ4v) is 3.19. The van der Waals surface area contributed by atoms with E-state index in [9.17, 15) is 9.59 Å². The number of ether oxygens (including phenoxy) is 1. The number of nitrogens with zero attached hydrogens (tertiary/aromatic N) is 3. The zero-order chi connectivity index (χ0) is 14.9. The molecular formula is C12H14BrN3O3S. The Morgan fingerprint density at radius 2 is 2.20 bits per heavy atom. The zero-order valence-corrected chi connectivity index (χ0v) is 13.7. The molecule has 20 heavy (non-hydrogen) atoms. The van der Waals surface area contributed by atoms with E-state index >= 15 is 0 Å². The van der Waals surface area contributed by atoms with Crippen LogP contribution in [0.1, 0.15) is 32.4 Å². The third-order valence-corrected chi connectivity index (χ3v) is 4.13. The molecule has 2 heterocycles. The number of aromatic nitrogens is 3. The molecule has 6 nitrogen and oxygen atoms in total. The predicted molar refractivity (Wildman–Crippen MR) is 80.1 cm³/mol. The topological polar surface area (TPSA) is 74.1 Å². The lowest BCUT2D eigenvalue weighted by molar-refractivity contribution is -0.144. The van der Waals surface area contributed by atoms with Gasteiger partial charge < -0.3 is 4.74 Å². The lowest BCUT2D eigenvalue weighted by atomic mass is 10.1. The zero-order valence-electron chi connectivity index (χ0n) is 11.3. The standard InChI is InChI=1S/C12H14BrN3O3S/c1-4-19-7(17)5-16-11(18)10-9(14-12(13)20-10)8(15-16)6(2)3/h6H,4-5H2,1-3H3. The number of carbonyl (C=O) groups is 1. The fraction of sp³-hybridized carbons (Fsp3) is 0.500. The van der Waals surface area contributed by atoms with Gasteiger partial charge in [0.1, 0.15) is 16.8 Å². The van der Waals surface area contributed by atoms with Gasteiger partial charge in [-0.3, -0.25) is 9.59 Å². The molecule has 0 N–H and O–H groups in total. The number of fused-ring (bicyclic) bond motifs is 1. The van der Waals surface area contributed by atoms with Crippen LogP contribution in [0.3, 0.4) is 0 Å². The first-order valence-corrected chi connectivity index (χ1v) is 7.77. The number of rotatable bonds is 4. The Labute approximate surface area is 127 Å². The van der Waals surface area contributed by atoms with Gasteiger partial charge in [0, 0.05) is 0 Å². The van der Waals surface area contributed by atoms with E-state index in [1.165, 1.54) is 11.3 Å². The summed E-state index contributed by atoms with van der Waals surface area (Å²) in [6.45, 7) is 5.75. The monoisotopic (exact) mass is 359 g/mol. The van der Waals surface area contributed by atoms with Crippen LogP contribution in [-0.2, 0) is 16.1 Å². The van der Waals surface area contributed by atoms with Crippen LogP contribution >= 0.6 is 27.3 Å². The Bertz CT molecular complexity index is 708. The minimum atomic E-state index is -0.472. The van der Waals surface area contributed by atoms with Crippen molar-refractivity contribution in [3.8, 4) is 0 Å². The maximum absolute atomic E-state index is 12.3. The van der Waals surface area contributed by atoms with Gasteiger partial charge in [0.2, 0.25) is 0 Å². The molecule has 0 aliphatic carbocycles. The van der Waals surface area contributed by atoms with E-state index in [0.717, 1.165) is 4.68 Å².